The van der Waals surface area contributed by atoms with Gasteiger partial charge in [0.15, 0.2) is 0 Å². The zero-order chi connectivity index (χ0) is 26.5. The number of aryl methyl sites for hydroxylation is 2. The van der Waals surface area contributed by atoms with E-state index in [0.717, 1.165) is 37.1 Å². The van der Waals surface area contributed by atoms with Gasteiger partial charge in [0.2, 0.25) is 11.2 Å². The minimum Gasteiger partial charge on any atom is -0.478 e. The van der Waals surface area contributed by atoms with E-state index in [4.69, 9.17) is 18.6 Å². The van der Waals surface area contributed by atoms with Gasteiger partial charge in [-0.05, 0) is 68.1 Å². The van der Waals surface area contributed by atoms with Crippen molar-refractivity contribution in [1.29, 1.82) is 0 Å². The second-order valence-electron chi connectivity index (χ2n) is 9.41. The van der Waals surface area contributed by atoms with Gasteiger partial charge in [0.1, 0.15) is 29.6 Å². The fraction of sp³-hybridized carbons (Fsp3) is 0.290. The van der Waals surface area contributed by atoms with Crippen LogP contribution < -0.4 is 14.9 Å². The highest BCUT2D eigenvalue weighted by Gasteiger charge is 2.24. The maximum absolute atomic E-state index is 13.4. The molecule has 0 aliphatic carbocycles. The van der Waals surface area contributed by atoms with E-state index in [1.807, 2.05) is 19.1 Å². The number of rotatable bonds is 9. The Balaban J connectivity index is 1.33. The van der Waals surface area contributed by atoms with Gasteiger partial charge in [-0.1, -0.05) is 37.3 Å². The van der Waals surface area contributed by atoms with Crippen LogP contribution in [0.25, 0.3) is 11.0 Å². The Kier molecular flexibility index (Phi) is 7.75. The Morgan fingerprint density at radius 2 is 1.82 bits per heavy atom. The lowest BCUT2D eigenvalue weighted by Gasteiger charge is -2.29. The molecule has 0 bridgehead atoms. The molecule has 1 aliphatic heterocycles. The molecule has 1 aromatic heterocycles. The molecule has 2 heterocycles. The maximum Gasteiger partial charge on any atom is 0.338 e. The molecular weight excluding hydrogens is 482 g/mol. The Bertz CT molecular complexity index is 1480. The Labute approximate surface area is 221 Å². The molecule has 7 nitrogen and oxygen atoms in total. The van der Waals surface area contributed by atoms with Gasteiger partial charge < -0.3 is 18.6 Å². The number of carbonyl (C=O) groups excluding carboxylic acids is 1. The molecule has 0 saturated carbocycles. The summed E-state index contributed by atoms with van der Waals surface area (Å²) in [6, 6.07) is 20.5. The van der Waals surface area contributed by atoms with Crippen molar-refractivity contribution >= 4 is 16.9 Å². The highest BCUT2D eigenvalue weighted by Crippen LogP contribution is 2.34. The average Bonchev–Trinajstić information content (AvgIpc) is 2.95. The van der Waals surface area contributed by atoms with Crippen molar-refractivity contribution in [2.75, 3.05) is 19.9 Å². The van der Waals surface area contributed by atoms with E-state index in [1.165, 1.54) is 5.56 Å². The summed E-state index contributed by atoms with van der Waals surface area (Å²) in [5, 5.41) is 0.443. The van der Waals surface area contributed by atoms with Crippen molar-refractivity contribution in [2.45, 2.75) is 39.7 Å². The van der Waals surface area contributed by atoms with Gasteiger partial charge >= 0.3 is 5.97 Å². The molecule has 196 valence electrons. The summed E-state index contributed by atoms with van der Waals surface area (Å²) < 4.78 is 23.3. The van der Waals surface area contributed by atoms with Crippen LogP contribution in [0.3, 0.4) is 0 Å². The molecule has 0 saturated heterocycles. The number of hydrogen-bond acceptors (Lipinski definition) is 7. The van der Waals surface area contributed by atoms with E-state index < -0.39 is 0 Å². The molecule has 0 N–H and O–H groups in total. The Hall–Kier alpha value is -4.10. The summed E-state index contributed by atoms with van der Waals surface area (Å²) in [5.74, 6) is 1.27. The minimum atomic E-state index is -0.388. The second-order valence-corrected chi connectivity index (χ2v) is 9.41. The summed E-state index contributed by atoms with van der Waals surface area (Å²) in [5.41, 5.74) is 2.89. The number of esters is 1. The van der Waals surface area contributed by atoms with Gasteiger partial charge in [0, 0.05) is 13.1 Å². The third-order valence-electron chi connectivity index (χ3n) is 6.56. The van der Waals surface area contributed by atoms with Gasteiger partial charge in [-0.3, -0.25) is 9.69 Å². The van der Waals surface area contributed by atoms with Crippen LogP contribution in [0.4, 0.5) is 0 Å². The quantitative estimate of drug-likeness (QED) is 0.245. The number of hydrogen-bond donors (Lipinski definition) is 0. The molecular formula is C31H31NO6. The number of fused-ring (bicyclic) bond motifs is 3. The first-order valence-corrected chi connectivity index (χ1v) is 13.0. The van der Waals surface area contributed by atoms with Gasteiger partial charge in [-0.15, -0.1) is 0 Å². The highest BCUT2D eigenvalue weighted by molar-refractivity contribution is 5.89. The van der Waals surface area contributed by atoms with Crippen molar-refractivity contribution in [3.8, 4) is 17.2 Å². The summed E-state index contributed by atoms with van der Waals surface area (Å²) in [6.07, 6.45) is 2.75. The van der Waals surface area contributed by atoms with Crippen molar-refractivity contribution in [1.82, 2.24) is 4.90 Å². The molecule has 0 radical (unpaired) electrons. The second kappa shape index (κ2) is 11.5. The monoisotopic (exact) mass is 513 g/mol. The molecule has 0 fully saturated rings. The zero-order valence-corrected chi connectivity index (χ0v) is 21.7. The number of ether oxygens (including phenoxy) is 3. The smallest absolute Gasteiger partial charge is 0.338 e. The SMILES string of the molecule is CCCOC(=O)c1ccc(Oc2c(C)oc3c4c(ccc3c2=O)OCN(CCCc2ccccc2)C4)cc1. The number of nitrogens with zero attached hydrogens (tertiary/aromatic N) is 1. The van der Waals surface area contributed by atoms with Crippen LogP contribution in [0, 0.1) is 6.92 Å². The van der Waals surface area contributed by atoms with E-state index in [9.17, 15) is 9.59 Å². The van der Waals surface area contributed by atoms with Gasteiger partial charge in [0.25, 0.3) is 0 Å². The predicted octanol–water partition coefficient (Wildman–Crippen LogP) is 6.25. The lowest BCUT2D eigenvalue weighted by Crippen LogP contribution is -2.33. The van der Waals surface area contributed by atoms with Crippen LogP contribution in [0.2, 0.25) is 0 Å². The van der Waals surface area contributed by atoms with Crippen LogP contribution in [0.5, 0.6) is 17.2 Å². The Morgan fingerprint density at radius 3 is 2.58 bits per heavy atom. The highest BCUT2D eigenvalue weighted by atomic mass is 16.5. The van der Waals surface area contributed by atoms with E-state index >= 15 is 0 Å². The van der Waals surface area contributed by atoms with Crippen molar-refractivity contribution in [2.24, 2.45) is 0 Å². The predicted molar refractivity (Wildman–Crippen MR) is 145 cm³/mol. The maximum atomic E-state index is 13.4. The van der Waals surface area contributed by atoms with Crippen LogP contribution in [-0.4, -0.2) is 30.8 Å². The first-order valence-electron chi connectivity index (χ1n) is 13.0. The number of carbonyl (C=O) groups is 1. The van der Waals surface area contributed by atoms with Crippen molar-refractivity contribution in [3.05, 3.63) is 99.4 Å². The van der Waals surface area contributed by atoms with Crippen molar-refractivity contribution < 1.29 is 23.4 Å². The molecule has 7 heteroatoms. The molecule has 0 spiro atoms. The normalized spacial score (nSPS) is 13.1. The first-order chi connectivity index (χ1) is 18.5. The largest absolute Gasteiger partial charge is 0.478 e. The van der Waals surface area contributed by atoms with E-state index in [2.05, 4.69) is 29.2 Å². The fourth-order valence-electron chi connectivity index (χ4n) is 4.57. The molecule has 5 rings (SSSR count). The van der Waals surface area contributed by atoms with Crippen LogP contribution in [-0.2, 0) is 17.7 Å². The molecule has 3 aromatic carbocycles. The molecule has 4 aromatic rings. The van der Waals surface area contributed by atoms with Gasteiger partial charge in [-0.2, -0.15) is 0 Å². The number of benzene rings is 3. The van der Waals surface area contributed by atoms with E-state index in [1.54, 1.807) is 37.3 Å². The molecule has 0 amide bonds. The summed E-state index contributed by atoms with van der Waals surface area (Å²) in [4.78, 5) is 27.7. The van der Waals surface area contributed by atoms with Crippen LogP contribution in [0.15, 0.2) is 75.9 Å². The van der Waals surface area contributed by atoms with E-state index in [0.29, 0.717) is 47.9 Å². The molecule has 0 unspecified atom stereocenters. The minimum absolute atomic E-state index is 0.121. The van der Waals surface area contributed by atoms with Gasteiger partial charge in [0.05, 0.1) is 23.1 Å². The summed E-state index contributed by atoms with van der Waals surface area (Å²) in [6.45, 7) is 6.03. The van der Waals surface area contributed by atoms with Gasteiger partial charge in [-0.25, -0.2) is 4.79 Å². The molecule has 0 atom stereocenters. The lowest BCUT2D eigenvalue weighted by atomic mass is 10.1. The Morgan fingerprint density at radius 1 is 1.03 bits per heavy atom. The first kappa shape index (κ1) is 25.5. The van der Waals surface area contributed by atoms with Crippen LogP contribution in [0.1, 0.15) is 47.0 Å². The summed E-state index contributed by atoms with van der Waals surface area (Å²) >= 11 is 0. The lowest BCUT2D eigenvalue weighted by molar-refractivity contribution is 0.0505. The average molecular weight is 514 g/mol. The van der Waals surface area contributed by atoms with Crippen molar-refractivity contribution in [3.63, 3.8) is 0 Å². The van der Waals surface area contributed by atoms with E-state index in [-0.39, 0.29) is 17.1 Å². The fourth-order valence-corrected chi connectivity index (χ4v) is 4.57. The third kappa shape index (κ3) is 5.58. The topological polar surface area (TPSA) is 78.2 Å². The molecule has 38 heavy (non-hydrogen) atoms. The summed E-state index contributed by atoms with van der Waals surface area (Å²) in [7, 11) is 0. The standard InChI is InChI=1S/C31H31NO6/c1-3-18-35-31(34)23-11-13-24(14-12-23)38-29-21(2)37-30-25(28(29)33)15-16-27-26(30)19-32(20-36-27)17-7-10-22-8-5-4-6-9-22/h4-6,8-9,11-16H,3,7,10,17-20H2,1-2H3. The van der Waals surface area contributed by atoms with Crippen LogP contribution >= 0.6 is 0 Å². The molecule has 1 aliphatic rings. The zero-order valence-electron chi connectivity index (χ0n) is 21.7. The third-order valence-corrected chi connectivity index (χ3v) is 6.56.